The minimum atomic E-state index is -0.184. The van der Waals surface area contributed by atoms with Gasteiger partial charge in [-0.2, -0.15) is 0 Å². The van der Waals surface area contributed by atoms with Gasteiger partial charge in [-0.25, -0.2) is 0 Å². The van der Waals surface area contributed by atoms with E-state index in [1.54, 1.807) is 6.07 Å². The van der Waals surface area contributed by atoms with Gasteiger partial charge < -0.3 is 11.1 Å². The van der Waals surface area contributed by atoms with E-state index >= 15 is 0 Å². The van der Waals surface area contributed by atoms with E-state index in [0.717, 1.165) is 5.82 Å². The lowest BCUT2D eigenvalue weighted by Crippen LogP contribution is -2.29. The first-order valence-corrected chi connectivity index (χ1v) is 7.97. The maximum Gasteiger partial charge on any atom is 0.255 e. The fourth-order valence-electron chi connectivity index (χ4n) is 2.64. The van der Waals surface area contributed by atoms with Crippen molar-refractivity contribution in [2.75, 3.05) is 13.1 Å². The Bertz CT molecular complexity index is 884. The molecule has 2 aromatic heterocycles. The van der Waals surface area contributed by atoms with Crippen molar-refractivity contribution in [1.82, 2.24) is 19.9 Å². The van der Waals surface area contributed by atoms with Crippen molar-refractivity contribution < 1.29 is 4.79 Å². The van der Waals surface area contributed by atoms with E-state index in [0.29, 0.717) is 30.7 Å². The zero-order chi connectivity index (χ0) is 17.1. The molecule has 0 aliphatic heterocycles. The standard InChI is InChI=1S/C18H21N5O/c1-12-5-6-14(10-13(12)2)11-16-21-22-17-15(4-3-9-23(16)17)18(24)20-8-7-19/h3-6,9-10H,7-8,11,19H2,1-2H3,(H,20,24). The fraction of sp³-hybridized carbons (Fsp3) is 0.278. The van der Waals surface area contributed by atoms with Crippen LogP contribution in [0.4, 0.5) is 0 Å². The summed E-state index contributed by atoms with van der Waals surface area (Å²) >= 11 is 0. The third-order valence-corrected chi connectivity index (χ3v) is 4.11. The van der Waals surface area contributed by atoms with Crippen LogP contribution in [-0.4, -0.2) is 33.6 Å². The van der Waals surface area contributed by atoms with E-state index in [4.69, 9.17) is 5.73 Å². The number of aryl methyl sites for hydroxylation is 2. The summed E-state index contributed by atoms with van der Waals surface area (Å²) in [7, 11) is 0. The highest BCUT2D eigenvalue weighted by molar-refractivity contribution is 5.99. The Balaban J connectivity index is 1.93. The van der Waals surface area contributed by atoms with Gasteiger partial charge in [0.15, 0.2) is 5.65 Å². The van der Waals surface area contributed by atoms with Crippen LogP contribution < -0.4 is 11.1 Å². The molecule has 3 aromatic rings. The smallest absolute Gasteiger partial charge is 0.255 e. The Hall–Kier alpha value is -2.73. The molecular formula is C18H21N5O. The van der Waals surface area contributed by atoms with Crippen LogP contribution >= 0.6 is 0 Å². The van der Waals surface area contributed by atoms with Gasteiger partial charge in [-0.05, 0) is 42.7 Å². The van der Waals surface area contributed by atoms with Gasteiger partial charge in [0.1, 0.15) is 5.82 Å². The zero-order valence-electron chi connectivity index (χ0n) is 13.9. The number of carbonyl (C=O) groups excluding carboxylic acids is 1. The summed E-state index contributed by atoms with van der Waals surface area (Å²) < 4.78 is 1.87. The summed E-state index contributed by atoms with van der Waals surface area (Å²) in [5.74, 6) is 0.623. The molecule has 6 nitrogen and oxygen atoms in total. The molecule has 0 aliphatic carbocycles. The molecule has 3 N–H and O–H groups in total. The van der Waals surface area contributed by atoms with Gasteiger partial charge in [0.2, 0.25) is 0 Å². The van der Waals surface area contributed by atoms with E-state index < -0.39 is 0 Å². The summed E-state index contributed by atoms with van der Waals surface area (Å²) in [4.78, 5) is 12.2. The highest BCUT2D eigenvalue weighted by Gasteiger charge is 2.14. The number of hydrogen-bond donors (Lipinski definition) is 2. The SMILES string of the molecule is Cc1ccc(Cc2nnc3c(C(=O)NCCN)cccn23)cc1C. The van der Waals surface area contributed by atoms with Gasteiger partial charge in [0.25, 0.3) is 5.91 Å². The Morgan fingerprint density at radius 3 is 2.79 bits per heavy atom. The van der Waals surface area contributed by atoms with Gasteiger partial charge in [-0.15, -0.1) is 10.2 Å². The predicted molar refractivity (Wildman–Crippen MR) is 93.1 cm³/mol. The van der Waals surface area contributed by atoms with Crippen LogP contribution in [0.5, 0.6) is 0 Å². The molecular weight excluding hydrogens is 302 g/mol. The second-order valence-electron chi connectivity index (χ2n) is 5.87. The number of amides is 1. The Labute approximate surface area is 140 Å². The maximum atomic E-state index is 12.2. The number of nitrogens with zero attached hydrogens (tertiary/aromatic N) is 3. The lowest BCUT2D eigenvalue weighted by atomic mass is 10.0. The van der Waals surface area contributed by atoms with Crippen LogP contribution in [-0.2, 0) is 6.42 Å². The number of benzene rings is 1. The first kappa shape index (κ1) is 16.1. The van der Waals surface area contributed by atoms with Crippen molar-refractivity contribution >= 4 is 11.6 Å². The molecule has 0 saturated carbocycles. The molecule has 1 amide bonds. The Morgan fingerprint density at radius 1 is 1.21 bits per heavy atom. The van der Waals surface area contributed by atoms with Crippen LogP contribution in [0, 0.1) is 13.8 Å². The zero-order valence-corrected chi connectivity index (χ0v) is 13.9. The van der Waals surface area contributed by atoms with Crippen molar-refractivity contribution in [2.45, 2.75) is 20.3 Å². The number of aromatic nitrogens is 3. The molecule has 0 saturated heterocycles. The molecule has 1 aromatic carbocycles. The second kappa shape index (κ2) is 6.80. The molecule has 0 spiro atoms. The van der Waals surface area contributed by atoms with E-state index in [-0.39, 0.29) is 5.91 Å². The fourth-order valence-corrected chi connectivity index (χ4v) is 2.64. The van der Waals surface area contributed by atoms with E-state index in [1.165, 1.54) is 16.7 Å². The number of nitrogens with two attached hydrogens (primary N) is 1. The summed E-state index contributed by atoms with van der Waals surface area (Å²) in [5, 5.41) is 11.2. The van der Waals surface area contributed by atoms with Crippen LogP contribution in [0.2, 0.25) is 0 Å². The van der Waals surface area contributed by atoms with Crippen LogP contribution in [0.25, 0.3) is 5.65 Å². The molecule has 0 unspecified atom stereocenters. The summed E-state index contributed by atoms with van der Waals surface area (Å²) in [6, 6.07) is 9.95. The number of hydrogen-bond acceptors (Lipinski definition) is 4. The van der Waals surface area contributed by atoms with Gasteiger partial charge in [0.05, 0.1) is 5.56 Å². The quantitative estimate of drug-likeness (QED) is 0.747. The number of nitrogens with one attached hydrogen (secondary N) is 1. The lowest BCUT2D eigenvalue weighted by Gasteiger charge is -2.06. The van der Waals surface area contributed by atoms with Gasteiger partial charge in [-0.3, -0.25) is 9.20 Å². The Kier molecular flexibility index (Phi) is 4.57. The normalized spacial score (nSPS) is 11.0. The topological polar surface area (TPSA) is 85.3 Å². The molecule has 2 heterocycles. The van der Waals surface area contributed by atoms with E-state index in [9.17, 15) is 4.79 Å². The molecule has 0 radical (unpaired) electrons. The van der Waals surface area contributed by atoms with E-state index in [2.05, 4.69) is 47.6 Å². The van der Waals surface area contributed by atoms with Crippen LogP contribution in [0.15, 0.2) is 36.5 Å². The number of pyridine rings is 1. The minimum absolute atomic E-state index is 0.184. The Morgan fingerprint density at radius 2 is 2.04 bits per heavy atom. The highest BCUT2D eigenvalue weighted by Crippen LogP contribution is 2.16. The molecule has 124 valence electrons. The largest absolute Gasteiger partial charge is 0.351 e. The minimum Gasteiger partial charge on any atom is -0.351 e. The first-order valence-electron chi connectivity index (χ1n) is 7.97. The van der Waals surface area contributed by atoms with Crippen molar-refractivity contribution in [3.05, 3.63) is 64.6 Å². The first-order chi connectivity index (χ1) is 11.6. The second-order valence-corrected chi connectivity index (χ2v) is 5.87. The summed E-state index contributed by atoms with van der Waals surface area (Å²) in [5.41, 5.74) is 10.2. The van der Waals surface area contributed by atoms with Crippen molar-refractivity contribution in [3.63, 3.8) is 0 Å². The third-order valence-electron chi connectivity index (χ3n) is 4.11. The van der Waals surface area contributed by atoms with Crippen molar-refractivity contribution in [3.8, 4) is 0 Å². The average molecular weight is 323 g/mol. The number of fused-ring (bicyclic) bond motifs is 1. The number of rotatable bonds is 5. The molecule has 24 heavy (non-hydrogen) atoms. The van der Waals surface area contributed by atoms with Gasteiger partial charge >= 0.3 is 0 Å². The van der Waals surface area contributed by atoms with Gasteiger partial charge in [-0.1, -0.05) is 18.2 Å². The molecule has 6 heteroatoms. The lowest BCUT2D eigenvalue weighted by molar-refractivity contribution is 0.0956. The van der Waals surface area contributed by atoms with E-state index in [1.807, 2.05) is 16.7 Å². The molecule has 0 atom stereocenters. The number of carbonyl (C=O) groups is 1. The van der Waals surface area contributed by atoms with Crippen molar-refractivity contribution in [2.24, 2.45) is 5.73 Å². The molecule has 3 rings (SSSR count). The molecule has 0 bridgehead atoms. The highest BCUT2D eigenvalue weighted by atomic mass is 16.1. The maximum absolute atomic E-state index is 12.2. The van der Waals surface area contributed by atoms with Crippen LogP contribution in [0.3, 0.4) is 0 Å². The van der Waals surface area contributed by atoms with Crippen LogP contribution in [0.1, 0.15) is 32.9 Å². The molecule has 0 aliphatic rings. The average Bonchev–Trinajstić information content (AvgIpc) is 2.99. The van der Waals surface area contributed by atoms with Gasteiger partial charge in [0, 0.05) is 25.7 Å². The van der Waals surface area contributed by atoms with Crippen molar-refractivity contribution in [1.29, 1.82) is 0 Å². The summed E-state index contributed by atoms with van der Waals surface area (Å²) in [6.07, 6.45) is 2.54. The monoisotopic (exact) mass is 323 g/mol. The predicted octanol–water partition coefficient (Wildman–Crippen LogP) is 1.63. The summed E-state index contributed by atoms with van der Waals surface area (Å²) in [6.45, 7) is 5.03. The third kappa shape index (κ3) is 3.14. The molecule has 0 fully saturated rings.